The molecule has 3 aliphatic heterocycles. The molecule has 0 bridgehead atoms. The van der Waals surface area contributed by atoms with Crippen molar-refractivity contribution in [2.45, 2.75) is 83.3 Å². The molecule has 400 valence electrons. The molecule has 6 N–H and O–H groups in total. The first-order valence-electron chi connectivity index (χ1n) is 25.1. The van der Waals surface area contributed by atoms with Crippen molar-refractivity contribution in [2.75, 3.05) is 44.5 Å². The molecule has 4 aliphatic rings. The summed E-state index contributed by atoms with van der Waals surface area (Å²) in [6.45, 7) is 1.68. The molecule has 21 nitrogen and oxygen atoms in total. The van der Waals surface area contributed by atoms with E-state index in [-0.39, 0.29) is 63.5 Å². The summed E-state index contributed by atoms with van der Waals surface area (Å²) < 4.78 is 34.2. The van der Waals surface area contributed by atoms with Gasteiger partial charge in [0.1, 0.15) is 25.2 Å². The lowest BCUT2D eigenvalue weighted by Crippen LogP contribution is -2.52. The highest BCUT2D eigenvalue weighted by atomic mass is 19.1. The summed E-state index contributed by atoms with van der Waals surface area (Å²) in [4.78, 5) is 121. The maximum absolute atomic E-state index is 15.4. The first-order valence-corrected chi connectivity index (χ1v) is 25.1. The van der Waals surface area contributed by atoms with Crippen LogP contribution in [0.25, 0.3) is 22.3 Å². The standard InChI is InChI=1S/C55H55FN8O13/c1-3-55(74)37-22-41-51-35(27-63(41)53(72)36(37)28-77-54(55)73)50-42(15-14-34-30(2)38(56)23-39(62-51)49(34)50)76-20-19-75-29-60-45(67)25-59-52(71)40(21-32-7-5-4-6-8-32)61-46(68)26-58-44(66)24-57-43(65)16-11-31-9-12-33(13-10-31)64-47(69)17-18-48(64)70/h4-10,12-13,17-18,22-23,40,42,74H,3,11,14-16,19-21,24-29H2,1-2H3,(H,57,65)(H,58,66)(H,59,71)(H,60,67)(H,61,68)/t40-,42-,55-/m0/s1. The largest absolute Gasteiger partial charge is 0.458 e. The Morgan fingerprint density at radius 2 is 1.55 bits per heavy atom. The molecule has 2 aromatic heterocycles. The molecule has 0 saturated carbocycles. The Labute approximate surface area is 439 Å². The monoisotopic (exact) mass is 1050 g/mol. The number of carbonyl (C=O) groups excluding carboxylic acids is 8. The van der Waals surface area contributed by atoms with Gasteiger partial charge in [-0.15, -0.1) is 0 Å². The van der Waals surface area contributed by atoms with Gasteiger partial charge >= 0.3 is 5.97 Å². The van der Waals surface area contributed by atoms with Gasteiger partial charge in [0.15, 0.2) is 5.60 Å². The second-order valence-electron chi connectivity index (χ2n) is 19.0. The fourth-order valence-electron chi connectivity index (χ4n) is 10.0. The summed E-state index contributed by atoms with van der Waals surface area (Å²) in [6.07, 6.45) is 3.23. The number of fused-ring (bicyclic) bond motifs is 5. The number of carbonyl (C=O) groups is 8. The van der Waals surface area contributed by atoms with Crippen LogP contribution >= 0.6 is 0 Å². The normalized spacial score (nSPS) is 17.3. The molecule has 0 spiro atoms. The highest BCUT2D eigenvalue weighted by Crippen LogP contribution is 2.47. The lowest BCUT2D eigenvalue weighted by atomic mass is 9.82. The van der Waals surface area contributed by atoms with E-state index < -0.39 is 96.1 Å². The van der Waals surface area contributed by atoms with E-state index in [1.807, 2.05) is 0 Å². The lowest BCUT2D eigenvalue weighted by molar-refractivity contribution is -0.172. The third-order valence-corrected chi connectivity index (χ3v) is 14.1. The number of ether oxygens (including phenoxy) is 3. The molecule has 77 heavy (non-hydrogen) atoms. The van der Waals surface area contributed by atoms with Crippen molar-refractivity contribution in [1.29, 1.82) is 0 Å². The van der Waals surface area contributed by atoms with Crippen LogP contribution in [0.3, 0.4) is 0 Å². The minimum atomic E-state index is -2.02. The Balaban J connectivity index is 0.730. The lowest BCUT2D eigenvalue weighted by Gasteiger charge is -2.31. The quantitative estimate of drug-likeness (QED) is 0.0260. The number of rotatable bonds is 21. The van der Waals surface area contributed by atoms with E-state index in [9.17, 15) is 48.3 Å². The van der Waals surface area contributed by atoms with Crippen LogP contribution in [0.1, 0.15) is 76.8 Å². The molecule has 0 saturated heterocycles. The maximum Gasteiger partial charge on any atom is 0.343 e. The minimum Gasteiger partial charge on any atom is -0.458 e. The van der Waals surface area contributed by atoms with Gasteiger partial charge in [-0.05, 0) is 78.6 Å². The molecule has 5 aromatic rings. The molecule has 0 fully saturated rings. The highest BCUT2D eigenvalue weighted by molar-refractivity contribution is 6.28. The van der Waals surface area contributed by atoms with Gasteiger partial charge in [0, 0.05) is 47.6 Å². The number of hydrogen-bond donors (Lipinski definition) is 6. The van der Waals surface area contributed by atoms with Gasteiger partial charge in [0.2, 0.25) is 29.5 Å². The van der Waals surface area contributed by atoms with Crippen LogP contribution in [0, 0.1) is 12.7 Å². The predicted octanol–water partition coefficient (Wildman–Crippen LogP) is 1.76. The van der Waals surface area contributed by atoms with Crippen LogP contribution in [0.5, 0.6) is 0 Å². The zero-order valence-corrected chi connectivity index (χ0v) is 42.1. The van der Waals surface area contributed by atoms with E-state index in [0.717, 1.165) is 27.0 Å². The summed E-state index contributed by atoms with van der Waals surface area (Å²) in [7, 11) is 0. The molecule has 3 atom stereocenters. The molecule has 1 aliphatic carbocycles. The molecule has 0 radical (unpaired) electrons. The summed E-state index contributed by atoms with van der Waals surface area (Å²) in [5.41, 5.74) is 3.71. The zero-order chi connectivity index (χ0) is 54.5. The second kappa shape index (κ2) is 22.8. The van der Waals surface area contributed by atoms with E-state index in [1.54, 1.807) is 74.5 Å². The van der Waals surface area contributed by atoms with E-state index >= 15 is 4.39 Å². The Hall–Kier alpha value is -8.47. The third kappa shape index (κ3) is 11.3. The van der Waals surface area contributed by atoms with Gasteiger partial charge in [-0.2, -0.15) is 0 Å². The van der Waals surface area contributed by atoms with Gasteiger partial charge in [0.05, 0.1) is 73.7 Å². The summed E-state index contributed by atoms with van der Waals surface area (Å²) >= 11 is 0. The fraction of sp³-hybridized carbons (Fsp3) is 0.345. The smallest absolute Gasteiger partial charge is 0.343 e. The Morgan fingerprint density at radius 3 is 2.29 bits per heavy atom. The molecule has 5 heterocycles. The molecule has 22 heteroatoms. The van der Waals surface area contributed by atoms with Gasteiger partial charge in [-0.1, -0.05) is 49.4 Å². The Kier molecular flexibility index (Phi) is 15.8. The van der Waals surface area contributed by atoms with Crippen LogP contribution in [0.15, 0.2) is 83.7 Å². The van der Waals surface area contributed by atoms with Crippen molar-refractivity contribution in [1.82, 2.24) is 36.1 Å². The van der Waals surface area contributed by atoms with Crippen LogP contribution < -0.4 is 37.0 Å². The first kappa shape index (κ1) is 53.4. The number of halogens is 1. The van der Waals surface area contributed by atoms with Gasteiger partial charge in [-0.25, -0.2) is 19.1 Å². The van der Waals surface area contributed by atoms with Crippen LogP contribution in [-0.4, -0.2) is 108 Å². The number of aliphatic hydroxyl groups is 1. The summed E-state index contributed by atoms with van der Waals surface area (Å²) in [6, 6.07) is 17.3. The number of nitrogens with one attached hydrogen (secondary N) is 5. The van der Waals surface area contributed by atoms with Gasteiger partial charge < -0.3 is 50.5 Å². The fourth-order valence-corrected chi connectivity index (χ4v) is 10.0. The van der Waals surface area contributed by atoms with Crippen LogP contribution in [0.2, 0.25) is 0 Å². The summed E-state index contributed by atoms with van der Waals surface area (Å²) in [5, 5.41) is 24.7. The van der Waals surface area contributed by atoms with Crippen LogP contribution in [0.4, 0.5) is 10.1 Å². The highest BCUT2D eigenvalue weighted by Gasteiger charge is 2.46. The molecule has 3 aromatic carbocycles. The van der Waals surface area contributed by atoms with Crippen molar-refractivity contribution in [3.63, 3.8) is 0 Å². The number of aryl methyl sites for hydroxylation is 2. The molecular weight excluding hydrogens is 1000 g/mol. The molecule has 9 rings (SSSR count). The predicted molar refractivity (Wildman–Crippen MR) is 273 cm³/mol. The molecular formula is C55H55FN8O13. The Morgan fingerprint density at radius 1 is 0.844 bits per heavy atom. The number of pyridine rings is 2. The number of cyclic esters (lactones) is 1. The first-order chi connectivity index (χ1) is 37.0. The van der Waals surface area contributed by atoms with Crippen LogP contribution in [-0.2, 0) is 90.6 Å². The number of nitrogens with zero attached hydrogens (tertiary/aromatic N) is 3. The van der Waals surface area contributed by atoms with Crippen molar-refractivity contribution in [2.24, 2.45) is 0 Å². The average Bonchev–Trinajstić information content (AvgIpc) is 4.05. The van der Waals surface area contributed by atoms with Crippen molar-refractivity contribution < 1.29 is 62.1 Å². The van der Waals surface area contributed by atoms with E-state index in [1.165, 1.54) is 22.8 Å². The minimum absolute atomic E-state index is 0.0224. The number of benzene rings is 3. The van der Waals surface area contributed by atoms with E-state index in [4.69, 9.17) is 19.2 Å². The van der Waals surface area contributed by atoms with Crippen molar-refractivity contribution >= 4 is 63.9 Å². The van der Waals surface area contributed by atoms with Gasteiger partial charge in [0.25, 0.3) is 17.4 Å². The second-order valence-corrected chi connectivity index (χ2v) is 19.0. The van der Waals surface area contributed by atoms with Crippen molar-refractivity contribution in [3.05, 3.63) is 140 Å². The molecule has 0 unspecified atom stereocenters. The SMILES string of the molecule is CC[C@@]1(O)C(=O)OCc2c1cc1n(c2=O)Cc2c-1nc1cc(F)c(C)c3c1c2[C@@H](OCCOCNC(=O)CNC(=O)[C@H](Cc1ccccc1)NC(=O)CNC(=O)CNC(=O)CCc1ccc(N2C(=O)C=CC2=O)cc1)CC3. The van der Waals surface area contributed by atoms with E-state index in [2.05, 4.69) is 26.6 Å². The number of esters is 1. The van der Waals surface area contributed by atoms with Crippen molar-refractivity contribution in [3.8, 4) is 11.4 Å². The number of aromatic nitrogens is 2. The number of anilines is 1. The summed E-state index contributed by atoms with van der Waals surface area (Å²) in [5.74, 6) is -5.19. The zero-order valence-electron chi connectivity index (χ0n) is 42.1. The average molecular weight is 1060 g/mol. The number of amides is 7. The number of imide groups is 1. The Bertz CT molecular complexity index is 3310. The number of hydrogen-bond acceptors (Lipinski definition) is 14. The van der Waals surface area contributed by atoms with E-state index in [0.29, 0.717) is 58.5 Å². The molecule has 7 amide bonds. The maximum atomic E-state index is 15.4. The topological polar surface area (TPSA) is 283 Å². The third-order valence-electron chi connectivity index (χ3n) is 14.1. The van der Waals surface area contributed by atoms with Gasteiger partial charge in [-0.3, -0.25) is 38.4 Å².